The Morgan fingerprint density at radius 2 is 1.55 bits per heavy atom. The molecular weight excluding hydrogens is 376 g/mol. The Bertz CT molecular complexity index is 157. The molecule has 0 aliphatic heterocycles. The van der Waals surface area contributed by atoms with Gasteiger partial charge in [-0.25, -0.2) is 12.2 Å². The molecule has 0 fully saturated rings. The van der Waals surface area contributed by atoms with E-state index in [0.717, 1.165) is 13.5 Å². The van der Waals surface area contributed by atoms with Gasteiger partial charge < -0.3 is 30.3 Å². The molecule has 0 saturated heterocycles. The second-order valence-electron chi connectivity index (χ2n) is 3.48. The summed E-state index contributed by atoms with van der Waals surface area (Å²) in [6.07, 6.45) is 10.0. The third kappa shape index (κ3) is 181. The zero-order chi connectivity index (χ0) is 14.7. The summed E-state index contributed by atoms with van der Waals surface area (Å²) in [4.78, 5) is 0. The number of aliphatic hydroxyl groups excluding tert-OH is 2. The van der Waals surface area contributed by atoms with Gasteiger partial charge in [-0.2, -0.15) is 6.08 Å². The van der Waals surface area contributed by atoms with Gasteiger partial charge in [0.2, 0.25) is 0 Å². The Kier molecular flexibility index (Phi) is 91.4. The van der Waals surface area contributed by atoms with Gasteiger partial charge in [0.25, 0.3) is 0 Å². The second kappa shape index (κ2) is 42.7. The molecule has 6 heteroatoms. The number of rotatable bonds is 0. The molecule has 0 aromatic carbocycles. The van der Waals surface area contributed by atoms with Crippen molar-refractivity contribution in [3.8, 4) is 0 Å². The van der Waals surface area contributed by atoms with Crippen molar-refractivity contribution in [3.05, 3.63) is 44.4 Å². The minimum Gasteiger partial charge on any atom is -0.358 e. The molecule has 0 unspecified atom stereocenters. The maximum Gasteiger partial charge on any atom is -0.358 e. The number of allylic oxidation sites excluding steroid dienone is 4. The number of aliphatic hydroxyl groups is 2. The van der Waals surface area contributed by atoms with Crippen molar-refractivity contribution in [2.45, 2.75) is 32.7 Å². The van der Waals surface area contributed by atoms with Crippen molar-refractivity contribution in [1.29, 1.82) is 0 Å². The molecule has 3 N–H and O–H groups in total. The third-order valence-electron chi connectivity index (χ3n) is 0.586. The summed E-state index contributed by atoms with van der Waals surface area (Å²) in [7, 11) is 1.00. The predicted molar refractivity (Wildman–Crippen MR) is 94.3 cm³/mol. The quantitative estimate of drug-likeness (QED) is 0.600. The normalized spacial score (nSPS) is 8.75. The Balaban J connectivity index is -0.0000000215. The Hall–Kier alpha value is 0.693. The van der Waals surface area contributed by atoms with Gasteiger partial charge in [-0.1, -0.05) is 27.4 Å². The first-order valence-corrected chi connectivity index (χ1v) is 6.82. The fourth-order valence-electron chi connectivity index (χ4n) is 0.340. The molecule has 0 atom stereocenters. The van der Waals surface area contributed by atoms with E-state index in [-0.39, 0.29) is 44.4 Å². The van der Waals surface area contributed by atoms with E-state index in [0.29, 0.717) is 0 Å². The van der Waals surface area contributed by atoms with E-state index in [4.69, 9.17) is 15.9 Å². The molecule has 0 bridgehead atoms. The molecule has 1 aliphatic carbocycles. The molecule has 0 aromatic rings. The van der Waals surface area contributed by atoms with Crippen LogP contribution in [0.4, 0.5) is 0 Å². The van der Waals surface area contributed by atoms with Crippen LogP contribution >= 0.6 is 24.8 Å². The van der Waals surface area contributed by atoms with Crippen LogP contribution in [-0.2, 0) is 24.2 Å². The largest absolute Gasteiger partial charge is 0.358 e. The summed E-state index contributed by atoms with van der Waals surface area (Å²) in [5, 5.41) is 14.5. The van der Waals surface area contributed by atoms with Gasteiger partial charge in [-0.3, -0.25) is 6.08 Å². The van der Waals surface area contributed by atoms with E-state index in [1.54, 1.807) is 0 Å². The first kappa shape index (κ1) is 42.8. The van der Waals surface area contributed by atoms with Crippen molar-refractivity contribution < 1.29 is 34.4 Å². The van der Waals surface area contributed by atoms with Gasteiger partial charge in [-0.15, -0.1) is 36.8 Å². The number of hydrogen-bond donors (Lipinski definition) is 2. The van der Waals surface area contributed by atoms with E-state index in [1.165, 1.54) is 24.2 Å². The van der Waals surface area contributed by atoms with Gasteiger partial charge in [0, 0.05) is 7.11 Å². The smallest absolute Gasteiger partial charge is 0.358 e. The number of halogens is 2. The summed E-state index contributed by atoms with van der Waals surface area (Å²) in [6.45, 7) is 8.60. The molecule has 126 valence electrons. The van der Waals surface area contributed by atoms with Crippen LogP contribution in [0.1, 0.15) is 27.2 Å². The van der Waals surface area contributed by atoms with Gasteiger partial charge in [-0.05, 0) is 0 Å². The minimum absolute atomic E-state index is 0. The van der Waals surface area contributed by atoms with Gasteiger partial charge in [0.15, 0.2) is 0 Å². The summed E-state index contributed by atoms with van der Waals surface area (Å²) < 4.78 is 3.34. The van der Waals surface area contributed by atoms with Crippen molar-refractivity contribution >= 4 is 29.0 Å². The zero-order valence-electron chi connectivity index (χ0n) is 13.3. The van der Waals surface area contributed by atoms with Gasteiger partial charge in [0.1, 0.15) is 0 Å². The van der Waals surface area contributed by atoms with Crippen LogP contribution in [0.15, 0.2) is 18.2 Å². The topological polar surface area (TPSA) is 64.3 Å². The molecule has 0 amide bonds. The standard InChI is InChI=1S/C5H5.C4H10N.C2H5O.CH4O.CH3.CH2.2ClH.Zr/c1-2-4-5-3-1;1-4(2,3)5;1-2-3;1-2;;;;;/h1-3H,4H2;5H,1-3H3;3H,1-2H2;2H,1H3;1H3;1H2;2*1H;/q3*-1;;-1;;;;. The van der Waals surface area contributed by atoms with Gasteiger partial charge >= 0.3 is 28.4 Å². The second-order valence-corrected chi connectivity index (χ2v) is 3.48. The zero-order valence-corrected chi connectivity index (χ0v) is 17.4. The van der Waals surface area contributed by atoms with Crippen molar-refractivity contribution in [3.63, 3.8) is 0 Å². The third-order valence-corrected chi connectivity index (χ3v) is 0.586. The molecule has 1 aliphatic rings. The van der Waals surface area contributed by atoms with Crippen molar-refractivity contribution in [2.24, 2.45) is 0 Å². The summed E-state index contributed by atoms with van der Waals surface area (Å²) in [5.74, 6) is 0. The predicted octanol–water partition coefficient (Wildman–Crippen LogP) is 3.82. The van der Waals surface area contributed by atoms with E-state index in [2.05, 4.69) is 23.3 Å². The molecule has 0 aromatic heterocycles. The van der Waals surface area contributed by atoms with E-state index in [9.17, 15) is 0 Å². The molecule has 20 heavy (non-hydrogen) atoms. The first-order chi connectivity index (χ1) is 7.91. The molecule has 0 spiro atoms. The van der Waals surface area contributed by atoms with Crippen LogP contribution in [0.2, 0.25) is 0 Å². The molecular formula is C14H31Cl2NO2Zr-4. The van der Waals surface area contributed by atoms with Crippen molar-refractivity contribution in [2.75, 3.05) is 13.7 Å². The number of hydrogen-bond acceptors (Lipinski definition) is 2. The maximum atomic E-state index is 7.46. The average molecular weight is 408 g/mol. The van der Waals surface area contributed by atoms with E-state index < -0.39 is 0 Å². The monoisotopic (exact) mass is 405 g/mol. The Morgan fingerprint density at radius 1 is 1.30 bits per heavy atom. The SMILES string of the molecule is CC(C)(C)[NH-].CO.Cl.Cl.[C-]1=CC=CC1.[CH2-]CO.[CH2]=[Zr].[CH3-]. The Labute approximate surface area is 153 Å². The fourth-order valence-corrected chi connectivity index (χ4v) is 0.340. The fraction of sp³-hybridized carbons (Fsp3) is 0.500. The van der Waals surface area contributed by atoms with Gasteiger partial charge in [0.05, 0.1) is 0 Å². The first-order valence-electron chi connectivity index (χ1n) is 5.08. The van der Waals surface area contributed by atoms with E-state index >= 15 is 0 Å². The molecule has 0 radical (unpaired) electrons. The molecule has 0 saturated carbocycles. The van der Waals surface area contributed by atoms with Crippen LogP contribution in [0, 0.1) is 20.4 Å². The van der Waals surface area contributed by atoms with E-state index in [1.807, 2.05) is 32.9 Å². The summed E-state index contributed by atoms with van der Waals surface area (Å²) in [6, 6.07) is 0. The van der Waals surface area contributed by atoms with Crippen LogP contribution in [-0.4, -0.2) is 33.7 Å². The molecule has 0 heterocycles. The summed E-state index contributed by atoms with van der Waals surface area (Å²) >= 11 is 1.30. The summed E-state index contributed by atoms with van der Waals surface area (Å²) in [5.41, 5.74) is 6.69. The average Bonchev–Trinajstić information content (AvgIpc) is 2.80. The molecule has 3 nitrogen and oxygen atoms in total. The number of nitrogens with one attached hydrogen (secondary N) is 1. The maximum absolute atomic E-state index is 7.46. The Morgan fingerprint density at radius 3 is 1.60 bits per heavy atom. The van der Waals surface area contributed by atoms with Crippen LogP contribution in [0.3, 0.4) is 0 Å². The minimum atomic E-state index is -0.250. The van der Waals surface area contributed by atoms with Crippen LogP contribution in [0.25, 0.3) is 5.73 Å². The van der Waals surface area contributed by atoms with Crippen molar-refractivity contribution in [1.82, 2.24) is 0 Å². The molecule has 1 rings (SSSR count). The van der Waals surface area contributed by atoms with Crippen LogP contribution < -0.4 is 0 Å². The van der Waals surface area contributed by atoms with Crippen LogP contribution in [0.5, 0.6) is 0 Å².